The van der Waals surface area contributed by atoms with Gasteiger partial charge in [0, 0.05) is 6.61 Å². The van der Waals surface area contributed by atoms with Crippen LogP contribution in [0.2, 0.25) is 0 Å². The lowest BCUT2D eigenvalue weighted by Crippen LogP contribution is -2.53. The summed E-state index contributed by atoms with van der Waals surface area (Å²) in [6.07, 6.45) is 3.26. The molecule has 0 aliphatic carbocycles. The first-order chi connectivity index (χ1) is 6.19. The van der Waals surface area contributed by atoms with E-state index >= 15 is 0 Å². The molecule has 76 valence electrons. The zero-order valence-electron chi connectivity index (χ0n) is 8.56. The number of piperidine rings is 1. The quantitative estimate of drug-likeness (QED) is 0.713. The first kappa shape index (κ1) is 10.7. The lowest BCUT2D eigenvalue weighted by atomic mass is 9.87. The van der Waals surface area contributed by atoms with Gasteiger partial charge in [0.15, 0.2) is 5.78 Å². The van der Waals surface area contributed by atoms with Gasteiger partial charge in [-0.3, -0.25) is 4.79 Å². The van der Waals surface area contributed by atoms with Crippen molar-refractivity contribution < 1.29 is 9.53 Å². The minimum Gasteiger partial charge on any atom is -0.374 e. The van der Waals surface area contributed by atoms with Crippen molar-refractivity contribution in [2.24, 2.45) is 0 Å². The molecule has 0 aromatic heterocycles. The fourth-order valence-electron chi connectivity index (χ4n) is 1.65. The van der Waals surface area contributed by atoms with Gasteiger partial charge >= 0.3 is 0 Å². The number of nitrogens with one attached hydrogen (secondary N) is 1. The van der Waals surface area contributed by atoms with E-state index in [4.69, 9.17) is 4.74 Å². The summed E-state index contributed by atoms with van der Waals surface area (Å²) in [5.41, 5.74) is -0.326. The number of Topliss-reactive ketones (excluding diaryl/α,β-unsaturated/α-hetero) is 1. The van der Waals surface area contributed by atoms with Gasteiger partial charge in [0.2, 0.25) is 0 Å². The maximum Gasteiger partial charge on any atom is 0.178 e. The highest BCUT2D eigenvalue weighted by Crippen LogP contribution is 2.19. The second kappa shape index (κ2) is 4.72. The predicted molar refractivity (Wildman–Crippen MR) is 51.8 cm³/mol. The van der Waals surface area contributed by atoms with Gasteiger partial charge in [-0.05, 0) is 39.7 Å². The number of hydrogen-bond donors (Lipinski definition) is 1. The monoisotopic (exact) mass is 185 g/mol. The molecule has 0 radical (unpaired) electrons. The number of ether oxygens (including phenoxy) is 1. The Kier molecular flexibility index (Phi) is 3.88. The first-order valence-electron chi connectivity index (χ1n) is 5.05. The average Bonchev–Trinajstić information content (AvgIpc) is 2.15. The van der Waals surface area contributed by atoms with E-state index in [-0.39, 0.29) is 17.9 Å². The molecule has 3 heteroatoms. The first-order valence-corrected chi connectivity index (χ1v) is 5.05. The van der Waals surface area contributed by atoms with E-state index in [9.17, 15) is 4.79 Å². The van der Waals surface area contributed by atoms with Crippen LogP contribution in [0.3, 0.4) is 0 Å². The Bertz CT molecular complexity index is 174. The van der Waals surface area contributed by atoms with Crippen LogP contribution in [0, 0.1) is 0 Å². The molecule has 13 heavy (non-hydrogen) atoms. The smallest absolute Gasteiger partial charge is 0.178 e. The second-order valence-corrected chi connectivity index (χ2v) is 3.78. The second-order valence-electron chi connectivity index (χ2n) is 3.78. The van der Waals surface area contributed by atoms with Crippen molar-refractivity contribution in [2.45, 2.75) is 38.6 Å². The lowest BCUT2D eigenvalue weighted by Gasteiger charge is -2.33. The summed E-state index contributed by atoms with van der Waals surface area (Å²) in [5, 5.41) is 3.27. The van der Waals surface area contributed by atoms with Crippen molar-refractivity contribution in [3.8, 4) is 0 Å². The largest absolute Gasteiger partial charge is 0.374 e. The summed E-state index contributed by atoms with van der Waals surface area (Å²) in [6, 6.07) is 0. The van der Waals surface area contributed by atoms with E-state index in [0.29, 0.717) is 6.61 Å². The van der Waals surface area contributed by atoms with E-state index in [1.54, 1.807) is 0 Å². The van der Waals surface area contributed by atoms with Crippen LogP contribution < -0.4 is 5.32 Å². The maximum atomic E-state index is 11.7. The van der Waals surface area contributed by atoms with Crippen LogP contribution in [-0.2, 0) is 9.53 Å². The van der Waals surface area contributed by atoms with Gasteiger partial charge in [0.1, 0.15) is 6.61 Å². The normalized spacial score (nSPS) is 28.8. The zero-order chi connectivity index (χ0) is 9.73. The van der Waals surface area contributed by atoms with E-state index in [0.717, 1.165) is 19.4 Å². The Labute approximate surface area is 79.8 Å². The fraction of sp³-hybridized carbons (Fsp3) is 0.900. The van der Waals surface area contributed by atoms with Gasteiger partial charge in [-0.2, -0.15) is 0 Å². The Balaban J connectivity index is 2.42. The van der Waals surface area contributed by atoms with E-state index < -0.39 is 0 Å². The fourth-order valence-corrected chi connectivity index (χ4v) is 1.65. The number of carbonyl (C=O) groups is 1. The van der Waals surface area contributed by atoms with Crippen LogP contribution in [0.4, 0.5) is 0 Å². The summed E-state index contributed by atoms with van der Waals surface area (Å²) in [6.45, 7) is 5.70. The average molecular weight is 185 g/mol. The summed E-state index contributed by atoms with van der Waals surface area (Å²) in [7, 11) is 0. The number of carbonyl (C=O) groups excluding carboxylic acids is 1. The molecule has 1 saturated heterocycles. The van der Waals surface area contributed by atoms with Gasteiger partial charge < -0.3 is 10.1 Å². The molecule has 1 N–H and O–H groups in total. The molecule has 0 amide bonds. The molecule has 1 unspecified atom stereocenters. The maximum absolute atomic E-state index is 11.7. The summed E-state index contributed by atoms with van der Waals surface area (Å²) in [5.74, 6) is 0.189. The van der Waals surface area contributed by atoms with Crippen LogP contribution in [-0.4, -0.2) is 31.1 Å². The van der Waals surface area contributed by atoms with Crippen LogP contribution in [0.15, 0.2) is 0 Å². The van der Waals surface area contributed by atoms with Gasteiger partial charge in [-0.25, -0.2) is 0 Å². The molecule has 1 fully saturated rings. The third-order valence-electron chi connectivity index (χ3n) is 2.67. The highest BCUT2D eigenvalue weighted by Gasteiger charge is 2.33. The minimum atomic E-state index is -0.326. The van der Waals surface area contributed by atoms with Crippen molar-refractivity contribution >= 4 is 5.78 Å². The number of rotatable bonds is 4. The van der Waals surface area contributed by atoms with Gasteiger partial charge in [0.25, 0.3) is 0 Å². The highest BCUT2D eigenvalue weighted by atomic mass is 16.5. The van der Waals surface area contributed by atoms with E-state index in [2.05, 4.69) is 5.32 Å². The SMILES string of the molecule is CCOCC(=O)C1(C)CCCCN1. The van der Waals surface area contributed by atoms with Crippen LogP contribution in [0.1, 0.15) is 33.1 Å². The number of ketones is 1. The molecule has 1 aliphatic rings. The van der Waals surface area contributed by atoms with Crippen LogP contribution in [0.25, 0.3) is 0 Å². The molecular weight excluding hydrogens is 166 g/mol. The molecule has 1 atom stereocenters. The highest BCUT2D eigenvalue weighted by molar-refractivity contribution is 5.89. The summed E-state index contributed by atoms with van der Waals surface area (Å²) >= 11 is 0. The third kappa shape index (κ3) is 2.78. The zero-order valence-corrected chi connectivity index (χ0v) is 8.56. The molecule has 0 aromatic rings. The lowest BCUT2D eigenvalue weighted by molar-refractivity contribution is -0.130. The van der Waals surface area contributed by atoms with Crippen molar-refractivity contribution in [1.29, 1.82) is 0 Å². The Morgan fingerprint density at radius 2 is 2.31 bits per heavy atom. The molecule has 1 aliphatic heterocycles. The topological polar surface area (TPSA) is 38.3 Å². The van der Waals surface area contributed by atoms with Crippen molar-refractivity contribution in [3.05, 3.63) is 0 Å². The van der Waals surface area contributed by atoms with Crippen LogP contribution in [0.5, 0.6) is 0 Å². The molecule has 1 rings (SSSR count). The molecule has 1 heterocycles. The Morgan fingerprint density at radius 1 is 1.54 bits per heavy atom. The molecule has 3 nitrogen and oxygen atoms in total. The number of hydrogen-bond acceptors (Lipinski definition) is 3. The van der Waals surface area contributed by atoms with Crippen LogP contribution >= 0.6 is 0 Å². The minimum absolute atomic E-state index is 0.189. The third-order valence-corrected chi connectivity index (χ3v) is 2.67. The standard InChI is InChI=1S/C10H19NO2/c1-3-13-8-9(12)10(2)6-4-5-7-11-10/h11H,3-8H2,1-2H3. The molecule has 0 aromatic carbocycles. The molecular formula is C10H19NO2. The summed E-state index contributed by atoms with van der Waals surface area (Å²) in [4.78, 5) is 11.7. The van der Waals surface area contributed by atoms with Gasteiger partial charge in [-0.1, -0.05) is 0 Å². The van der Waals surface area contributed by atoms with E-state index in [1.807, 2.05) is 13.8 Å². The predicted octanol–water partition coefficient (Wildman–Crippen LogP) is 1.12. The van der Waals surface area contributed by atoms with Gasteiger partial charge in [0.05, 0.1) is 5.54 Å². The van der Waals surface area contributed by atoms with Crippen molar-refractivity contribution in [3.63, 3.8) is 0 Å². The molecule has 0 spiro atoms. The van der Waals surface area contributed by atoms with E-state index in [1.165, 1.54) is 6.42 Å². The Hall–Kier alpha value is -0.410. The van der Waals surface area contributed by atoms with Gasteiger partial charge in [-0.15, -0.1) is 0 Å². The Morgan fingerprint density at radius 3 is 2.85 bits per heavy atom. The molecule has 0 saturated carbocycles. The van der Waals surface area contributed by atoms with Crippen molar-refractivity contribution in [2.75, 3.05) is 19.8 Å². The summed E-state index contributed by atoms with van der Waals surface area (Å²) < 4.78 is 5.12. The van der Waals surface area contributed by atoms with Crippen molar-refractivity contribution in [1.82, 2.24) is 5.32 Å². The molecule has 0 bridgehead atoms.